The third-order valence-electron chi connectivity index (χ3n) is 4.02. The Morgan fingerprint density at radius 1 is 1.33 bits per heavy atom. The summed E-state index contributed by atoms with van der Waals surface area (Å²) in [5.41, 5.74) is 10.3. The molecule has 0 fully saturated rings. The minimum Gasteiger partial charge on any atom is -0.481 e. The molecule has 3 N–H and O–H groups in total. The van der Waals surface area contributed by atoms with Crippen molar-refractivity contribution >= 4 is 11.5 Å². The van der Waals surface area contributed by atoms with Gasteiger partial charge in [0, 0.05) is 5.69 Å². The molecule has 1 aromatic heterocycles. The fraction of sp³-hybridized carbons (Fsp3) is 0.375. The largest absolute Gasteiger partial charge is 0.481 e. The van der Waals surface area contributed by atoms with Gasteiger partial charge in [-0.25, -0.2) is 9.97 Å². The molecule has 3 rings (SSSR count). The fourth-order valence-electron chi connectivity index (χ4n) is 2.93. The molecule has 0 aliphatic heterocycles. The van der Waals surface area contributed by atoms with Crippen LogP contribution in [0.25, 0.3) is 0 Å². The average molecular weight is 284 g/mol. The van der Waals surface area contributed by atoms with Gasteiger partial charge in [0.25, 0.3) is 0 Å². The average Bonchev–Trinajstić information content (AvgIpc) is 2.49. The number of aromatic nitrogens is 2. The van der Waals surface area contributed by atoms with Gasteiger partial charge in [0.2, 0.25) is 5.88 Å². The van der Waals surface area contributed by atoms with Crippen molar-refractivity contribution in [3.05, 3.63) is 41.2 Å². The second-order valence-corrected chi connectivity index (χ2v) is 5.40. The number of anilines is 2. The number of nitrogens with one attached hydrogen (secondary N) is 1. The second kappa shape index (κ2) is 5.60. The molecule has 5 nitrogen and oxygen atoms in total. The highest BCUT2D eigenvalue weighted by molar-refractivity contribution is 5.52. The fourth-order valence-corrected chi connectivity index (χ4v) is 2.93. The van der Waals surface area contributed by atoms with Crippen LogP contribution in [0.3, 0.4) is 0 Å². The number of nitrogen functional groups attached to an aromatic ring is 1. The topological polar surface area (TPSA) is 73.1 Å². The molecule has 0 radical (unpaired) electrons. The van der Waals surface area contributed by atoms with E-state index in [2.05, 4.69) is 27.4 Å². The summed E-state index contributed by atoms with van der Waals surface area (Å²) in [7, 11) is 1.62. The van der Waals surface area contributed by atoms with E-state index >= 15 is 0 Å². The lowest BCUT2D eigenvalue weighted by molar-refractivity contribution is 0.393. The van der Waals surface area contributed by atoms with Crippen molar-refractivity contribution in [2.45, 2.75) is 32.2 Å². The van der Waals surface area contributed by atoms with Crippen LogP contribution in [0.15, 0.2) is 24.5 Å². The van der Waals surface area contributed by atoms with Gasteiger partial charge in [-0.2, -0.15) is 0 Å². The number of nitrogens with two attached hydrogens (primary N) is 1. The summed E-state index contributed by atoms with van der Waals surface area (Å²) in [4.78, 5) is 8.46. The highest BCUT2D eigenvalue weighted by Crippen LogP contribution is 2.34. The first kappa shape index (κ1) is 13.7. The summed E-state index contributed by atoms with van der Waals surface area (Å²) in [6.45, 7) is 1.97. The second-order valence-electron chi connectivity index (χ2n) is 5.40. The Morgan fingerprint density at radius 2 is 2.19 bits per heavy atom. The first-order chi connectivity index (χ1) is 10.2. The number of fused-ring (bicyclic) bond motifs is 1. The molecule has 1 heterocycles. The number of ether oxygens (including phenoxy) is 1. The predicted octanol–water partition coefficient (Wildman–Crippen LogP) is 2.87. The van der Waals surface area contributed by atoms with Gasteiger partial charge in [-0.1, -0.05) is 6.07 Å². The van der Waals surface area contributed by atoms with Gasteiger partial charge >= 0.3 is 0 Å². The van der Waals surface area contributed by atoms with Crippen LogP contribution in [0.2, 0.25) is 0 Å². The molecule has 2 aromatic rings. The lowest BCUT2D eigenvalue weighted by atomic mass is 9.87. The van der Waals surface area contributed by atoms with Crippen LogP contribution in [0.4, 0.5) is 11.5 Å². The predicted molar refractivity (Wildman–Crippen MR) is 83.5 cm³/mol. The molecule has 1 aliphatic carbocycles. The van der Waals surface area contributed by atoms with Crippen LogP contribution in [-0.2, 0) is 6.42 Å². The summed E-state index contributed by atoms with van der Waals surface area (Å²) in [6, 6.07) is 6.42. The van der Waals surface area contributed by atoms with E-state index < -0.39 is 0 Å². The minimum atomic E-state index is 0.257. The maximum atomic E-state index is 5.88. The van der Waals surface area contributed by atoms with E-state index in [9.17, 15) is 0 Å². The molecule has 1 atom stereocenters. The quantitative estimate of drug-likeness (QED) is 0.848. The normalized spacial score (nSPS) is 17.1. The van der Waals surface area contributed by atoms with Gasteiger partial charge in [0.05, 0.1) is 18.7 Å². The van der Waals surface area contributed by atoms with Crippen LogP contribution in [0, 0.1) is 6.92 Å². The molecular weight excluding hydrogens is 264 g/mol. The van der Waals surface area contributed by atoms with Crippen LogP contribution in [-0.4, -0.2) is 17.1 Å². The van der Waals surface area contributed by atoms with Crippen molar-refractivity contribution in [3.8, 4) is 5.88 Å². The standard InChI is InChI=1S/C16H20N4O/c1-10-15(18-9-19-16(10)21-2)20-14-5-3-4-11-8-12(17)6-7-13(11)14/h6-9,14H,3-5,17H2,1-2H3,(H,18,19,20). The van der Waals surface area contributed by atoms with E-state index in [-0.39, 0.29) is 6.04 Å². The summed E-state index contributed by atoms with van der Waals surface area (Å²) in [5, 5.41) is 3.53. The van der Waals surface area contributed by atoms with E-state index in [0.717, 1.165) is 36.3 Å². The Balaban J connectivity index is 1.90. The zero-order valence-corrected chi connectivity index (χ0v) is 12.4. The van der Waals surface area contributed by atoms with Crippen LogP contribution >= 0.6 is 0 Å². The monoisotopic (exact) mass is 284 g/mol. The number of hydrogen-bond acceptors (Lipinski definition) is 5. The maximum absolute atomic E-state index is 5.88. The smallest absolute Gasteiger partial charge is 0.221 e. The van der Waals surface area contributed by atoms with Gasteiger partial charge < -0.3 is 15.8 Å². The Kier molecular flexibility index (Phi) is 3.64. The van der Waals surface area contributed by atoms with E-state index in [4.69, 9.17) is 10.5 Å². The van der Waals surface area contributed by atoms with E-state index in [1.165, 1.54) is 17.5 Å². The van der Waals surface area contributed by atoms with Gasteiger partial charge in [-0.3, -0.25) is 0 Å². The molecular formula is C16H20N4O. The minimum absolute atomic E-state index is 0.257. The lowest BCUT2D eigenvalue weighted by Crippen LogP contribution is -2.19. The number of rotatable bonds is 3. The summed E-state index contributed by atoms with van der Waals surface area (Å²) >= 11 is 0. The van der Waals surface area contributed by atoms with Crippen molar-refractivity contribution in [1.82, 2.24) is 9.97 Å². The molecule has 0 amide bonds. The highest BCUT2D eigenvalue weighted by Gasteiger charge is 2.21. The van der Waals surface area contributed by atoms with Crippen molar-refractivity contribution in [3.63, 3.8) is 0 Å². The zero-order valence-electron chi connectivity index (χ0n) is 12.4. The Morgan fingerprint density at radius 3 is 3.00 bits per heavy atom. The third-order valence-corrected chi connectivity index (χ3v) is 4.02. The summed E-state index contributed by atoms with van der Waals surface area (Å²) in [5.74, 6) is 1.44. The number of hydrogen-bond donors (Lipinski definition) is 2. The van der Waals surface area contributed by atoms with Crippen molar-refractivity contribution in [2.24, 2.45) is 0 Å². The molecule has 5 heteroatoms. The van der Waals surface area contributed by atoms with Gasteiger partial charge in [0.1, 0.15) is 12.1 Å². The summed E-state index contributed by atoms with van der Waals surface area (Å²) in [6.07, 6.45) is 4.85. The van der Waals surface area contributed by atoms with Crippen molar-refractivity contribution in [2.75, 3.05) is 18.2 Å². The highest BCUT2D eigenvalue weighted by atomic mass is 16.5. The van der Waals surface area contributed by atoms with E-state index in [0.29, 0.717) is 5.88 Å². The molecule has 110 valence electrons. The molecule has 0 saturated heterocycles. The molecule has 1 unspecified atom stereocenters. The summed E-state index contributed by atoms with van der Waals surface area (Å²) < 4.78 is 5.25. The van der Waals surface area contributed by atoms with Crippen LogP contribution in [0.5, 0.6) is 5.88 Å². The Labute approximate surface area is 124 Å². The SMILES string of the molecule is COc1ncnc(NC2CCCc3cc(N)ccc32)c1C. The van der Waals surface area contributed by atoms with Gasteiger partial charge in [-0.15, -0.1) is 0 Å². The molecule has 0 bridgehead atoms. The lowest BCUT2D eigenvalue weighted by Gasteiger charge is -2.27. The number of methoxy groups -OCH3 is 1. The maximum Gasteiger partial charge on any atom is 0.221 e. The zero-order chi connectivity index (χ0) is 14.8. The van der Waals surface area contributed by atoms with Gasteiger partial charge in [0.15, 0.2) is 0 Å². The van der Waals surface area contributed by atoms with Crippen LogP contribution < -0.4 is 15.8 Å². The van der Waals surface area contributed by atoms with Crippen molar-refractivity contribution < 1.29 is 4.74 Å². The first-order valence-corrected chi connectivity index (χ1v) is 7.19. The Bertz CT molecular complexity index is 657. The number of nitrogens with zero attached hydrogens (tertiary/aromatic N) is 2. The number of benzene rings is 1. The van der Waals surface area contributed by atoms with Crippen LogP contribution in [0.1, 0.15) is 35.6 Å². The van der Waals surface area contributed by atoms with Gasteiger partial charge in [-0.05, 0) is 49.4 Å². The molecule has 1 aromatic carbocycles. The first-order valence-electron chi connectivity index (χ1n) is 7.19. The Hall–Kier alpha value is -2.30. The molecule has 1 aliphatic rings. The number of aryl methyl sites for hydroxylation is 1. The molecule has 0 spiro atoms. The van der Waals surface area contributed by atoms with E-state index in [1.54, 1.807) is 7.11 Å². The van der Waals surface area contributed by atoms with E-state index in [1.807, 2.05) is 13.0 Å². The third kappa shape index (κ3) is 2.63. The van der Waals surface area contributed by atoms with Crippen molar-refractivity contribution in [1.29, 1.82) is 0 Å². The molecule has 21 heavy (non-hydrogen) atoms. The molecule has 0 saturated carbocycles.